The lowest BCUT2D eigenvalue weighted by Gasteiger charge is -2.08. The summed E-state index contributed by atoms with van der Waals surface area (Å²) in [5.41, 5.74) is 1.74. The number of aromatic amines is 1. The molecule has 0 atom stereocenters. The highest BCUT2D eigenvalue weighted by atomic mass is 16.5. The number of H-pyrrole nitrogens is 1. The largest absolute Gasteiger partial charge is 0.497 e. The third-order valence-corrected chi connectivity index (χ3v) is 3.20. The van der Waals surface area contributed by atoms with Crippen LogP contribution in [0, 0.1) is 6.92 Å². The molecule has 19 heavy (non-hydrogen) atoms. The van der Waals surface area contributed by atoms with Crippen molar-refractivity contribution in [3.05, 3.63) is 58.5 Å². The van der Waals surface area contributed by atoms with Crippen LogP contribution in [-0.2, 0) is 0 Å². The van der Waals surface area contributed by atoms with Crippen LogP contribution in [0.15, 0.2) is 47.3 Å². The van der Waals surface area contributed by atoms with E-state index in [2.05, 4.69) is 5.10 Å². The SMILES string of the molecule is COc1ccc2cc(-n3[nH]c(=O)cc3C)ccc2c1. The van der Waals surface area contributed by atoms with Crippen molar-refractivity contribution in [3.8, 4) is 11.4 Å². The van der Waals surface area contributed by atoms with Crippen molar-refractivity contribution in [2.75, 3.05) is 7.11 Å². The average Bonchev–Trinajstić information content (AvgIpc) is 2.76. The van der Waals surface area contributed by atoms with E-state index >= 15 is 0 Å². The van der Waals surface area contributed by atoms with Gasteiger partial charge in [-0.05, 0) is 42.0 Å². The van der Waals surface area contributed by atoms with Crippen molar-refractivity contribution < 1.29 is 4.74 Å². The lowest BCUT2D eigenvalue weighted by atomic mass is 10.1. The molecule has 2 aromatic carbocycles. The van der Waals surface area contributed by atoms with Gasteiger partial charge in [-0.1, -0.05) is 12.1 Å². The van der Waals surface area contributed by atoms with Gasteiger partial charge in [-0.25, -0.2) is 0 Å². The Kier molecular flexibility index (Phi) is 2.63. The number of ether oxygens (including phenoxy) is 1. The Morgan fingerprint density at radius 2 is 1.79 bits per heavy atom. The maximum Gasteiger partial charge on any atom is 0.264 e. The zero-order chi connectivity index (χ0) is 13.4. The van der Waals surface area contributed by atoms with Gasteiger partial charge in [0.1, 0.15) is 5.75 Å². The molecule has 0 fully saturated rings. The first-order valence-electron chi connectivity index (χ1n) is 6.04. The first kappa shape index (κ1) is 11.6. The summed E-state index contributed by atoms with van der Waals surface area (Å²) in [5.74, 6) is 0.839. The normalized spacial score (nSPS) is 10.8. The van der Waals surface area contributed by atoms with E-state index in [1.165, 1.54) is 0 Å². The third kappa shape index (κ3) is 2.01. The summed E-state index contributed by atoms with van der Waals surface area (Å²) < 4.78 is 6.99. The maximum absolute atomic E-state index is 11.3. The molecular weight excluding hydrogens is 240 g/mol. The van der Waals surface area contributed by atoms with Crippen LogP contribution in [0.25, 0.3) is 16.5 Å². The number of fused-ring (bicyclic) bond motifs is 1. The second-order valence-electron chi connectivity index (χ2n) is 4.49. The standard InChI is InChI=1S/C15H14N2O2/c1-10-7-15(18)16-17(10)13-5-3-12-9-14(19-2)6-4-11(12)8-13/h3-9H,1-2H3,(H,16,18). The van der Waals surface area contributed by atoms with Gasteiger partial charge in [-0.2, -0.15) is 0 Å². The molecule has 0 bridgehead atoms. The van der Waals surface area contributed by atoms with Gasteiger partial charge in [0.2, 0.25) is 0 Å². The molecular formula is C15H14N2O2. The minimum Gasteiger partial charge on any atom is -0.497 e. The molecule has 0 spiro atoms. The van der Waals surface area contributed by atoms with Crippen molar-refractivity contribution >= 4 is 10.8 Å². The van der Waals surface area contributed by atoms with E-state index in [1.54, 1.807) is 17.9 Å². The lowest BCUT2D eigenvalue weighted by molar-refractivity contribution is 0.415. The number of rotatable bonds is 2. The highest BCUT2D eigenvalue weighted by Crippen LogP contribution is 2.23. The van der Waals surface area contributed by atoms with Crippen LogP contribution >= 0.6 is 0 Å². The zero-order valence-corrected chi connectivity index (χ0v) is 10.8. The number of nitrogens with zero attached hydrogens (tertiary/aromatic N) is 1. The highest BCUT2D eigenvalue weighted by molar-refractivity contribution is 5.85. The zero-order valence-electron chi connectivity index (χ0n) is 10.8. The molecule has 0 aliphatic carbocycles. The molecule has 1 heterocycles. The number of hydrogen-bond donors (Lipinski definition) is 1. The van der Waals surface area contributed by atoms with Gasteiger partial charge in [0.25, 0.3) is 5.56 Å². The van der Waals surface area contributed by atoms with Gasteiger partial charge in [0, 0.05) is 11.8 Å². The summed E-state index contributed by atoms with van der Waals surface area (Å²) in [6, 6.07) is 13.5. The van der Waals surface area contributed by atoms with E-state index in [-0.39, 0.29) is 5.56 Å². The number of methoxy groups -OCH3 is 1. The van der Waals surface area contributed by atoms with Crippen molar-refractivity contribution in [3.63, 3.8) is 0 Å². The Hall–Kier alpha value is -2.49. The molecule has 3 aromatic rings. The second-order valence-corrected chi connectivity index (χ2v) is 4.49. The summed E-state index contributed by atoms with van der Waals surface area (Å²) in [7, 11) is 1.66. The van der Waals surface area contributed by atoms with E-state index in [0.717, 1.165) is 27.9 Å². The van der Waals surface area contributed by atoms with E-state index < -0.39 is 0 Å². The highest BCUT2D eigenvalue weighted by Gasteiger charge is 2.04. The summed E-state index contributed by atoms with van der Waals surface area (Å²) >= 11 is 0. The molecule has 0 saturated carbocycles. The fraction of sp³-hybridized carbons (Fsp3) is 0.133. The molecule has 1 N–H and O–H groups in total. The van der Waals surface area contributed by atoms with Gasteiger partial charge in [-0.3, -0.25) is 14.6 Å². The summed E-state index contributed by atoms with van der Waals surface area (Å²) in [6.07, 6.45) is 0. The van der Waals surface area contributed by atoms with Crippen LogP contribution < -0.4 is 10.3 Å². The number of aromatic nitrogens is 2. The molecule has 96 valence electrons. The molecule has 3 rings (SSSR count). The van der Waals surface area contributed by atoms with Crippen LogP contribution in [0.5, 0.6) is 5.75 Å². The molecule has 0 aliphatic rings. The molecule has 4 nitrogen and oxygen atoms in total. The van der Waals surface area contributed by atoms with Gasteiger partial charge in [0.15, 0.2) is 0 Å². The van der Waals surface area contributed by atoms with Crippen LogP contribution in [0.1, 0.15) is 5.69 Å². The molecule has 0 radical (unpaired) electrons. The van der Waals surface area contributed by atoms with E-state index in [4.69, 9.17) is 4.74 Å². The monoisotopic (exact) mass is 254 g/mol. The molecule has 0 amide bonds. The number of benzene rings is 2. The molecule has 0 aliphatic heterocycles. The minimum absolute atomic E-state index is 0.0904. The average molecular weight is 254 g/mol. The number of hydrogen-bond acceptors (Lipinski definition) is 2. The van der Waals surface area contributed by atoms with Crippen molar-refractivity contribution in [1.29, 1.82) is 0 Å². The first-order valence-corrected chi connectivity index (χ1v) is 6.04. The molecule has 1 aromatic heterocycles. The number of aryl methyl sites for hydroxylation is 1. The van der Waals surface area contributed by atoms with Crippen molar-refractivity contribution in [1.82, 2.24) is 9.78 Å². The van der Waals surface area contributed by atoms with Gasteiger partial charge in [0.05, 0.1) is 12.8 Å². The third-order valence-electron chi connectivity index (χ3n) is 3.20. The maximum atomic E-state index is 11.3. The Labute approximate surface area is 110 Å². The summed E-state index contributed by atoms with van der Waals surface area (Å²) in [6.45, 7) is 1.90. The van der Waals surface area contributed by atoms with Gasteiger partial charge < -0.3 is 4.74 Å². The van der Waals surface area contributed by atoms with Crippen molar-refractivity contribution in [2.45, 2.75) is 6.92 Å². The molecule has 4 heteroatoms. The summed E-state index contributed by atoms with van der Waals surface area (Å²) in [5, 5.41) is 4.99. The number of nitrogens with one attached hydrogen (secondary N) is 1. The molecule has 0 saturated heterocycles. The van der Waals surface area contributed by atoms with E-state index in [0.29, 0.717) is 0 Å². The Balaban J connectivity index is 2.16. The van der Waals surface area contributed by atoms with E-state index in [1.807, 2.05) is 43.3 Å². The predicted octanol–water partition coefficient (Wildman–Crippen LogP) is 2.64. The fourth-order valence-corrected chi connectivity index (χ4v) is 2.23. The summed E-state index contributed by atoms with van der Waals surface area (Å²) in [4.78, 5) is 11.3. The van der Waals surface area contributed by atoms with Gasteiger partial charge >= 0.3 is 0 Å². The van der Waals surface area contributed by atoms with E-state index in [9.17, 15) is 4.79 Å². The second kappa shape index (κ2) is 4.31. The molecule has 0 unspecified atom stereocenters. The Morgan fingerprint density at radius 3 is 2.47 bits per heavy atom. The Bertz CT molecular complexity index is 799. The lowest BCUT2D eigenvalue weighted by Crippen LogP contribution is -2.04. The van der Waals surface area contributed by atoms with Crippen LogP contribution in [-0.4, -0.2) is 16.9 Å². The van der Waals surface area contributed by atoms with Crippen molar-refractivity contribution in [2.24, 2.45) is 0 Å². The topological polar surface area (TPSA) is 47.0 Å². The quantitative estimate of drug-likeness (QED) is 0.764. The van der Waals surface area contributed by atoms with Crippen LogP contribution in [0.3, 0.4) is 0 Å². The minimum atomic E-state index is -0.0904. The van der Waals surface area contributed by atoms with Gasteiger partial charge in [-0.15, -0.1) is 0 Å². The smallest absolute Gasteiger partial charge is 0.264 e. The van der Waals surface area contributed by atoms with Crippen LogP contribution in [0.2, 0.25) is 0 Å². The first-order chi connectivity index (χ1) is 9.17. The Morgan fingerprint density at radius 1 is 1.05 bits per heavy atom. The fourth-order valence-electron chi connectivity index (χ4n) is 2.23. The predicted molar refractivity (Wildman–Crippen MR) is 75.2 cm³/mol. The van der Waals surface area contributed by atoms with Crippen LogP contribution in [0.4, 0.5) is 0 Å².